The molecule has 19 heavy (non-hydrogen) atoms. The first-order valence-corrected chi connectivity index (χ1v) is 7.45. The van der Waals surface area contributed by atoms with Crippen molar-refractivity contribution in [3.05, 3.63) is 54.1 Å². The van der Waals surface area contributed by atoms with Crippen LogP contribution in [-0.4, -0.2) is 19.4 Å². The van der Waals surface area contributed by atoms with Crippen molar-refractivity contribution < 1.29 is 4.74 Å². The molecule has 0 amide bonds. The van der Waals surface area contributed by atoms with Crippen LogP contribution in [0.1, 0.15) is 11.5 Å². The topological polar surface area (TPSA) is 21.3 Å². The van der Waals surface area contributed by atoms with Gasteiger partial charge in [0.1, 0.15) is 5.75 Å². The lowest BCUT2D eigenvalue weighted by molar-refractivity contribution is 0.415. The van der Waals surface area contributed by atoms with Crippen molar-refractivity contribution in [2.24, 2.45) is 0 Å². The highest BCUT2D eigenvalue weighted by atomic mass is 32.2. The molecule has 0 spiro atoms. The molecule has 1 aliphatic rings. The van der Waals surface area contributed by atoms with E-state index >= 15 is 0 Å². The summed E-state index contributed by atoms with van der Waals surface area (Å²) < 4.78 is 5.24. The Morgan fingerprint density at radius 1 is 1.21 bits per heavy atom. The number of methoxy groups -OCH3 is 1. The summed E-state index contributed by atoms with van der Waals surface area (Å²) in [6.45, 7) is 0.969. The zero-order chi connectivity index (χ0) is 13.1. The maximum Gasteiger partial charge on any atom is 0.120 e. The Kier molecular flexibility index (Phi) is 3.65. The van der Waals surface area contributed by atoms with Gasteiger partial charge in [-0.15, -0.1) is 11.8 Å². The summed E-state index contributed by atoms with van der Waals surface area (Å²) in [6.07, 6.45) is 0. The smallest absolute Gasteiger partial charge is 0.120 e. The Hall–Kier alpha value is -1.61. The van der Waals surface area contributed by atoms with E-state index in [2.05, 4.69) is 35.6 Å². The Balaban J connectivity index is 1.67. The van der Waals surface area contributed by atoms with Gasteiger partial charge < -0.3 is 10.1 Å². The van der Waals surface area contributed by atoms with Gasteiger partial charge in [0, 0.05) is 34.9 Å². The molecule has 1 unspecified atom stereocenters. The van der Waals surface area contributed by atoms with E-state index in [-0.39, 0.29) is 0 Å². The Labute approximate surface area is 118 Å². The fraction of sp³-hybridized carbons (Fsp3) is 0.250. The third kappa shape index (κ3) is 2.71. The fourth-order valence-electron chi connectivity index (χ4n) is 2.37. The minimum atomic E-state index is 0.590. The van der Waals surface area contributed by atoms with Crippen LogP contribution in [0.25, 0.3) is 0 Å². The van der Waals surface area contributed by atoms with Gasteiger partial charge in [0.2, 0.25) is 0 Å². The first-order chi connectivity index (χ1) is 9.36. The molecule has 1 N–H and O–H groups in total. The van der Waals surface area contributed by atoms with Crippen molar-refractivity contribution in [1.82, 2.24) is 0 Å². The third-order valence-electron chi connectivity index (χ3n) is 3.42. The van der Waals surface area contributed by atoms with E-state index in [1.54, 1.807) is 7.11 Å². The highest BCUT2D eigenvalue weighted by Crippen LogP contribution is 2.39. The maximum atomic E-state index is 5.24. The van der Waals surface area contributed by atoms with Crippen molar-refractivity contribution in [2.75, 3.05) is 24.7 Å². The second-order valence-corrected chi connectivity index (χ2v) is 5.72. The highest BCUT2D eigenvalue weighted by molar-refractivity contribution is 7.99. The van der Waals surface area contributed by atoms with Gasteiger partial charge in [-0.1, -0.05) is 24.3 Å². The number of thioether (sulfide) groups is 1. The number of benzene rings is 2. The fourth-order valence-corrected chi connectivity index (χ4v) is 3.63. The summed E-state index contributed by atoms with van der Waals surface area (Å²) in [5.41, 5.74) is 2.59. The van der Waals surface area contributed by atoms with Gasteiger partial charge in [-0.2, -0.15) is 0 Å². The number of ether oxygens (including phenoxy) is 1. The highest BCUT2D eigenvalue weighted by Gasteiger charge is 2.22. The van der Waals surface area contributed by atoms with E-state index in [0.717, 1.165) is 23.7 Å². The summed E-state index contributed by atoms with van der Waals surface area (Å²) in [7, 11) is 1.70. The molecular formula is C16H17NOS. The molecule has 0 radical (unpaired) electrons. The summed E-state index contributed by atoms with van der Waals surface area (Å²) in [5.74, 6) is 2.65. The first-order valence-electron chi connectivity index (χ1n) is 6.46. The Bertz CT molecular complexity index is 570. The van der Waals surface area contributed by atoms with Crippen molar-refractivity contribution in [1.29, 1.82) is 0 Å². The maximum absolute atomic E-state index is 5.24. The molecule has 1 atom stereocenters. The van der Waals surface area contributed by atoms with Crippen LogP contribution in [0.2, 0.25) is 0 Å². The number of anilines is 1. The molecule has 0 bridgehead atoms. The summed E-state index contributed by atoms with van der Waals surface area (Å²) in [5, 5.41) is 3.51. The van der Waals surface area contributed by atoms with Crippen molar-refractivity contribution in [3.63, 3.8) is 0 Å². The van der Waals surface area contributed by atoms with Gasteiger partial charge in [0.25, 0.3) is 0 Å². The van der Waals surface area contributed by atoms with Crippen molar-refractivity contribution >= 4 is 17.4 Å². The van der Waals surface area contributed by atoms with Gasteiger partial charge in [-0.05, 0) is 23.8 Å². The Morgan fingerprint density at radius 3 is 3.00 bits per heavy atom. The van der Waals surface area contributed by atoms with E-state index < -0.39 is 0 Å². The third-order valence-corrected chi connectivity index (χ3v) is 4.67. The molecule has 0 saturated heterocycles. The lowest BCUT2D eigenvalue weighted by Crippen LogP contribution is -2.12. The molecule has 0 aliphatic carbocycles. The van der Waals surface area contributed by atoms with Crippen LogP contribution in [-0.2, 0) is 0 Å². The predicted molar refractivity (Wildman–Crippen MR) is 81.4 cm³/mol. The van der Waals surface area contributed by atoms with Crippen LogP contribution >= 0.6 is 11.8 Å². The number of hydrogen-bond donors (Lipinski definition) is 1. The number of fused-ring (bicyclic) bond motifs is 1. The minimum absolute atomic E-state index is 0.590. The molecule has 1 aliphatic heterocycles. The van der Waals surface area contributed by atoms with E-state index in [4.69, 9.17) is 4.74 Å². The summed E-state index contributed by atoms with van der Waals surface area (Å²) >= 11 is 1.95. The number of hydrogen-bond acceptors (Lipinski definition) is 3. The largest absolute Gasteiger partial charge is 0.497 e. The average Bonchev–Trinajstić information content (AvgIpc) is 2.89. The molecular weight excluding hydrogens is 254 g/mol. The van der Waals surface area contributed by atoms with Gasteiger partial charge in [0.15, 0.2) is 0 Å². The standard InChI is InChI=1S/C16H17NOS/c1-18-14-6-4-5-13(9-14)17-10-12-11-19-16-8-3-2-7-15(12)16/h2-9,12,17H,10-11H2,1H3. The Morgan fingerprint density at radius 2 is 2.11 bits per heavy atom. The first kappa shape index (κ1) is 12.4. The molecule has 0 fully saturated rings. The van der Waals surface area contributed by atoms with E-state index in [9.17, 15) is 0 Å². The zero-order valence-corrected chi connectivity index (χ0v) is 11.7. The average molecular weight is 271 g/mol. The summed E-state index contributed by atoms with van der Waals surface area (Å²) in [4.78, 5) is 1.43. The van der Waals surface area contributed by atoms with Crippen LogP contribution in [0, 0.1) is 0 Å². The van der Waals surface area contributed by atoms with Crippen LogP contribution in [0.15, 0.2) is 53.4 Å². The molecule has 1 heterocycles. The van der Waals surface area contributed by atoms with E-state index in [1.165, 1.54) is 10.5 Å². The van der Waals surface area contributed by atoms with Crippen LogP contribution in [0.3, 0.4) is 0 Å². The SMILES string of the molecule is COc1cccc(NCC2CSc3ccccc32)c1. The van der Waals surface area contributed by atoms with Gasteiger partial charge in [-0.3, -0.25) is 0 Å². The lowest BCUT2D eigenvalue weighted by atomic mass is 10.0. The van der Waals surface area contributed by atoms with E-state index in [1.807, 2.05) is 30.0 Å². The zero-order valence-electron chi connectivity index (χ0n) is 10.9. The van der Waals surface area contributed by atoms with Gasteiger partial charge in [0.05, 0.1) is 7.11 Å². The molecule has 3 rings (SSSR count). The van der Waals surface area contributed by atoms with Gasteiger partial charge >= 0.3 is 0 Å². The lowest BCUT2D eigenvalue weighted by Gasteiger charge is -2.13. The monoisotopic (exact) mass is 271 g/mol. The van der Waals surface area contributed by atoms with E-state index in [0.29, 0.717) is 5.92 Å². The molecule has 2 aromatic rings. The summed E-state index contributed by atoms with van der Waals surface area (Å²) in [6, 6.07) is 16.8. The van der Waals surface area contributed by atoms with Crippen molar-refractivity contribution in [2.45, 2.75) is 10.8 Å². The molecule has 2 aromatic carbocycles. The predicted octanol–water partition coefficient (Wildman–Crippen LogP) is 4.00. The molecule has 98 valence electrons. The normalized spacial score (nSPS) is 17.0. The van der Waals surface area contributed by atoms with Crippen LogP contribution in [0.5, 0.6) is 5.75 Å². The second kappa shape index (κ2) is 5.57. The number of rotatable bonds is 4. The molecule has 2 nitrogen and oxygen atoms in total. The van der Waals surface area contributed by atoms with Crippen molar-refractivity contribution in [3.8, 4) is 5.75 Å². The minimum Gasteiger partial charge on any atom is -0.497 e. The van der Waals surface area contributed by atoms with Gasteiger partial charge in [-0.25, -0.2) is 0 Å². The quantitative estimate of drug-likeness (QED) is 0.908. The van der Waals surface area contributed by atoms with Crippen LogP contribution < -0.4 is 10.1 Å². The molecule has 0 saturated carbocycles. The number of nitrogens with one attached hydrogen (secondary N) is 1. The van der Waals surface area contributed by atoms with Crippen LogP contribution in [0.4, 0.5) is 5.69 Å². The second-order valence-electron chi connectivity index (χ2n) is 4.66. The molecule has 3 heteroatoms. The molecule has 0 aromatic heterocycles.